The zero-order valence-electron chi connectivity index (χ0n) is 24.1. The minimum Gasteiger partial charge on any atom is -0.438 e. The molecule has 0 atom stereocenters. The molecule has 0 radical (unpaired) electrons. The third-order valence-corrected chi connectivity index (χ3v) is 8.36. The van der Waals surface area contributed by atoms with Gasteiger partial charge in [-0.05, 0) is 69.1 Å². The van der Waals surface area contributed by atoms with Crippen molar-refractivity contribution in [2.24, 2.45) is 0 Å². The Morgan fingerprint density at radius 3 is 1.82 bits per heavy atom. The Bertz CT molecular complexity index is 2480. The molecule has 0 saturated heterocycles. The van der Waals surface area contributed by atoms with Crippen LogP contribution in [0.1, 0.15) is 0 Å². The molecule has 3 aromatic heterocycles. The fourth-order valence-corrected chi connectivity index (χ4v) is 6.21. The molecule has 0 spiro atoms. The Balaban J connectivity index is 1.29. The molecule has 0 fully saturated rings. The Morgan fingerprint density at radius 1 is 0.422 bits per heavy atom. The fraction of sp³-hybridized carbons (Fsp3) is 0. The fourth-order valence-electron chi connectivity index (χ4n) is 6.21. The van der Waals surface area contributed by atoms with Gasteiger partial charge in [-0.25, -0.2) is 19.9 Å². The molecule has 6 aromatic carbocycles. The monoisotopic (exact) mass is 576 g/mol. The molecule has 5 nitrogen and oxygen atoms in total. The van der Waals surface area contributed by atoms with Crippen molar-refractivity contribution in [3.05, 3.63) is 146 Å². The normalized spacial score (nSPS) is 11.6. The zero-order valence-corrected chi connectivity index (χ0v) is 24.1. The average molecular weight is 577 g/mol. The van der Waals surface area contributed by atoms with Crippen LogP contribution in [-0.4, -0.2) is 19.9 Å². The van der Waals surface area contributed by atoms with Gasteiger partial charge in [0.25, 0.3) is 0 Å². The van der Waals surface area contributed by atoms with Gasteiger partial charge in [0.1, 0.15) is 5.58 Å². The molecule has 5 heteroatoms. The highest BCUT2D eigenvalue weighted by Crippen LogP contribution is 2.39. The first kappa shape index (κ1) is 25.3. The van der Waals surface area contributed by atoms with E-state index in [0.29, 0.717) is 23.2 Å². The first-order chi connectivity index (χ1) is 22.3. The number of benzene rings is 6. The standard InChI is InChI=1S/C40H24N4O/c1-3-10-26(11-4-1)37-42-38(27-12-5-2-6-13-27)44-39(43-37)30-22-28-14-7-8-15-31(28)33(24-30)29-18-17-25-19-20-35-36(34(25)23-29)32-16-9-21-41-40(32)45-35/h1-24H. The molecule has 210 valence electrons. The molecule has 0 bridgehead atoms. The van der Waals surface area contributed by atoms with Crippen LogP contribution < -0.4 is 0 Å². The molecule has 0 unspecified atom stereocenters. The minimum absolute atomic E-state index is 0.629. The molecule has 45 heavy (non-hydrogen) atoms. The van der Waals surface area contributed by atoms with Gasteiger partial charge in [0.2, 0.25) is 5.71 Å². The summed E-state index contributed by atoms with van der Waals surface area (Å²) < 4.78 is 6.12. The second-order valence-corrected chi connectivity index (χ2v) is 11.1. The van der Waals surface area contributed by atoms with E-state index in [1.165, 1.54) is 0 Å². The van der Waals surface area contributed by atoms with Crippen molar-refractivity contribution in [1.29, 1.82) is 0 Å². The van der Waals surface area contributed by atoms with E-state index in [9.17, 15) is 0 Å². The van der Waals surface area contributed by atoms with Gasteiger partial charge in [0, 0.05) is 33.7 Å². The predicted octanol–water partition coefficient (Wildman–Crippen LogP) is 10.1. The molecule has 0 aliphatic heterocycles. The summed E-state index contributed by atoms with van der Waals surface area (Å²) in [5.41, 5.74) is 6.51. The number of aromatic nitrogens is 4. The summed E-state index contributed by atoms with van der Waals surface area (Å²) in [7, 11) is 0. The summed E-state index contributed by atoms with van der Waals surface area (Å²) in [6.07, 6.45) is 1.77. The van der Waals surface area contributed by atoms with E-state index in [1.807, 2.05) is 72.8 Å². The lowest BCUT2D eigenvalue weighted by molar-refractivity contribution is 0.654. The van der Waals surface area contributed by atoms with Gasteiger partial charge in [0.05, 0.1) is 0 Å². The van der Waals surface area contributed by atoms with E-state index in [0.717, 1.165) is 65.7 Å². The van der Waals surface area contributed by atoms with Crippen LogP contribution in [0.3, 0.4) is 0 Å². The summed E-state index contributed by atoms with van der Waals surface area (Å²) >= 11 is 0. The first-order valence-electron chi connectivity index (χ1n) is 14.9. The Kier molecular flexibility index (Phi) is 5.74. The Hall–Kier alpha value is -6.20. The molecular formula is C40H24N4O. The van der Waals surface area contributed by atoms with Crippen LogP contribution in [0.4, 0.5) is 0 Å². The van der Waals surface area contributed by atoms with Crippen molar-refractivity contribution in [3.63, 3.8) is 0 Å². The molecule has 0 aliphatic rings. The van der Waals surface area contributed by atoms with Gasteiger partial charge >= 0.3 is 0 Å². The van der Waals surface area contributed by atoms with E-state index in [4.69, 9.17) is 19.4 Å². The highest BCUT2D eigenvalue weighted by Gasteiger charge is 2.16. The second-order valence-electron chi connectivity index (χ2n) is 11.1. The molecule has 0 N–H and O–H groups in total. The lowest BCUT2D eigenvalue weighted by Crippen LogP contribution is -2.00. The summed E-state index contributed by atoms with van der Waals surface area (Å²) in [4.78, 5) is 19.4. The maximum atomic E-state index is 6.12. The van der Waals surface area contributed by atoms with Crippen LogP contribution in [0, 0.1) is 0 Å². The summed E-state index contributed by atoms with van der Waals surface area (Å²) in [5, 5.41) is 6.65. The van der Waals surface area contributed by atoms with Gasteiger partial charge in [-0.2, -0.15) is 0 Å². The highest BCUT2D eigenvalue weighted by atomic mass is 16.3. The molecule has 3 heterocycles. The third-order valence-electron chi connectivity index (χ3n) is 8.36. The number of nitrogens with zero attached hydrogens (tertiary/aromatic N) is 4. The molecule has 9 aromatic rings. The van der Waals surface area contributed by atoms with Crippen molar-refractivity contribution < 1.29 is 4.42 Å². The predicted molar refractivity (Wildman–Crippen MR) is 182 cm³/mol. The minimum atomic E-state index is 0.629. The van der Waals surface area contributed by atoms with Gasteiger partial charge in [-0.15, -0.1) is 0 Å². The van der Waals surface area contributed by atoms with Gasteiger partial charge in [0.15, 0.2) is 17.5 Å². The summed E-state index contributed by atoms with van der Waals surface area (Å²) in [5.74, 6) is 1.91. The summed E-state index contributed by atoms with van der Waals surface area (Å²) in [6, 6.07) is 47.8. The maximum Gasteiger partial charge on any atom is 0.227 e. The number of hydrogen-bond acceptors (Lipinski definition) is 5. The van der Waals surface area contributed by atoms with Crippen LogP contribution in [0.25, 0.3) is 88.9 Å². The third kappa shape index (κ3) is 4.33. The molecule has 0 amide bonds. The van der Waals surface area contributed by atoms with Crippen molar-refractivity contribution in [2.75, 3.05) is 0 Å². The Labute approximate surface area is 258 Å². The number of furan rings is 1. The van der Waals surface area contributed by atoms with Gasteiger partial charge in [-0.3, -0.25) is 0 Å². The lowest BCUT2D eigenvalue weighted by Gasteiger charge is -2.13. The van der Waals surface area contributed by atoms with E-state index >= 15 is 0 Å². The lowest BCUT2D eigenvalue weighted by atomic mass is 9.93. The topological polar surface area (TPSA) is 64.7 Å². The zero-order chi connectivity index (χ0) is 29.7. The molecule has 0 aliphatic carbocycles. The number of pyridine rings is 1. The van der Waals surface area contributed by atoms with Crippen molar-refractivity contribution >= 4 is 43.6 Å². The summed E-state index contributed by atoms with van der Waals surface area (Å²) in [6.45, 7) is 0. The molecular weight excluding hydrogens is 552 g/mol. The first-order valence-corrected chi connectivity index (χ1v) is 14.9. The van der Waals surface area contributed by atoms with Gasteiger partial charge < -0.3 is 4.42 Å². The average Bonchev–Trinajstić information content (AvgIpc) is 3.51. The van der Waals surface area contributed by atoms with Gasteiger partial charge in [-0.1, -0.05) is 103 Å². The highest BCUT2D eigenvalue weighted by molar-refractivity contribution is 6.19. The van der Waals surface area contributed by atoms with Crippen LogP contribution in [0.5, 0.6) is 0 Å². The van der Waals surface area contributed by atoms with Crippen LogP contribution in [-0.2, 0) is 0 Å². The smallest absolute Gasteiger partial charge is 0.227 e. The van der Waals surface area contributed by atoms with E-state index in [2.05, 4.69) is 71.7 Å². The number of hydrogen-bond donors (Lipinski definition) is 0. The van der Waals surface area contributed by atoms with E-state index in [-0.39, 0.29) is 0 Å². The van der Waals surface area contributed by atoms with E-state index < -0.39 is 0 Å². The van der Waals surface area contributed by atoms with Crippen molar-refractivity contribution in [1.82, 2.24) is 19.9 Å². The number of fused-ring (bicyclic) bond motifs is 6. The second kappa shape index (κ2) is 10.2. The maximum absolute atomic E-state index is 6.12. The van der Waals surface area contributed by atoms with Crippen molar-refractivity contribution in [3.8, 4) is 45.3 Å². The number of rotatable bonds is 4. The quantitative estimate of drug-likeness (QED) is 0.209. The SMILES string of the molecule is c1ccc(-c2nc(-c3ccccc3)nc(-c3cc(-c4ccc5ccc6oc7ncccc7c6c5c4)c4ccccc4c3)n2)cc1. The van der Waals surface area contributed by atoms with Crippen molar-refractivity contribution in [2.45, 2.75) is 0 Å². The van der Waals surface area contributed by atoms with Crippen LogP contribution in [0.2, 0.25) is 0 Å². The van der Waals surface area contributed by atoms with Crippen LogP contribution in [0.15, 0.2) is 150 Å². The molecule has 0 saturated carbocycles. The van der Waals surface area contributed by atoms with E-state index in [1.54, 1.807) is 6.20 Å². The molecule has 9 rings (SSSR count). The Morgan fingerprint density at radius 2 is 1.07 bits per heavy atom. The van der Waals surface area contributed by atoms with Crippen LogP contribution >= 0.6 is 0 Å². The largest absolute Gasteiger partial charge is 0.438 e.